The summed E-state index contributed by atoms with van der Waals surface area (Å²) in [5.74, 6) is 1.77. The Labute approximate surface area is 357 Å². The van der Waals surface area contributed by atoms with Gasteiger partial charge in [0, 0.05) is 43.8 Å². The molecule has 0 amide bonds. The van der Waals surface area contributed by atoms with E-state index in [-0.39, 0.29) is 0 Å². The number of benzene rings is 9. The van der Waals surface area contributed by atoms with Crippen LogP contribution in [-0.2, 0) is 0 Å². The van der Waals surface area contributed by atoms with Gasteiger partial charge in [0.05, 0.1) is 16.7 Å². The van der Waals surface area contributed by atoms with Crippen LogP contribution in [0.1, 0.15) is 0 Å². The van der Waals surface area contributed by atoms with Gasteiger partial charge in [-0.3, -0.25) is 0 Å². The van der Waals surface area contributed by atoms with E-state index >= 15 is 0 Å². The van der Waals surface area contributed by atoms with E-state index in [1.807, 2.05) is 48.5 Å². The number of hydrogen-bond donors (Lipinski definition) is 0. The molecule has 5 heteroatoms. The minimum absolute atomic E-state index is 0.569. The fraction of sp³-hybridized carbons (Fsp3) is 0. The van der Waals surface area contributed by atoms with Crippen molar-refractivity contribution in [3.8, 4) is 73.2 Å². The average Bonchev–Trinajstić information content (AvgIpc) is 3.90. The Morgan fingerprint density at radius 2 is 0.790 bits per heavy atom. The van der Waals surface area contributed by atoms with Crippen LogP contribution in [0.15, 0.2) is 223 Å². The van der Waals surface area contributed by atoms with Crippen LogP contribution in [0.5, 0.6) is 0 Å². The summed E-state index contributed by atoms with van der Waals surface area (Å²) < 4.78 is 9.02. The summed E-state index contributed by atoms with van der Waals surface area (Å²) in [5, 5.41) is 4.48. The highest BCUT2D eigenvalue weighted by molar-refractivity contribution is 6.12. The SMILES string of the molecule is c1ccc(-c2ccc3c4ccc(-c5ccccc5)cc4n(-c4ccc(-c5cccc6c5oc5ccccc56)cc4-c4nc(-c5ccccc5)nc(-c5ccccc5)n4)c3c2)cc1. The van der Waals surface area contributed by atoms with E-state index in [4.69, 9.17) is 19.4 Å². The van der Waals surface area contributed by atoms with Gasteiger partial charge >= 0.3 is 0 Å². The monoisotopic (exact) mass is 792 g/mol. The quantitative estimate of drug-likeness (QED) is 0.161. The van der Waals surface area contributed by atoms with E-state index in [0.717, 1.165) is 99.5 Å². The normalized spacial score (nSPS) is 11.5. The second-order valence-electron chi connectivity index (χ2n) is 15.6. The van der Waals surface area contributed by atoms with Crippen molar-refractivity contribution in [3.05, 3.63) is 218 Å². The van der Waals surface area contributed by atoms with Gasteiger partial charge in [0.25, 0.3) is 0 Å². The molecule has 0 unspecified atom stereocenters. The number of para-hydroxylation sites is 2. The molecule has 0 aliphatic rings. The Kier molecular flexibility index (Phi) is 8.42. The molecule has 0 saturated heterocycles. The maximum absolute atomic E-state index is 6.62. The molecule has 62 heavy (non-hydrogen) atoms. The second-order valence-corrected chi connectivity index (χ2v) is 15.6. The molecule has 12 aromatic rings. The number of hydrogen-bond acceptors (Lipinski definition) is 4. The van der Waals surface area contributed by atoms with Crippen LogP contribution in [0.25, 0.3) is 117 Å². The molecule has 0 saturated carbocycles. The summed E-state index contributed by atoms with van der Waals surface area (Å²) in [6.07, 6.45) is 0. The number of aromatic nitrogens is 4. The van der Waals surface area contributed by atoms with E-state index in [1.54, 1.807) is 0 Å². The van der Waals surface area contributed by atoms with E-state index in [1.165, 1.54) is 0 Å². The van der Waals surface area contributed by atoms with Crippen molar-refractivity contribution in [1.82, 2.24) is 19.5 Å². The first-order valence-electron chi connectivity index (χ1n) is 20.8. The maximum atomic E-state index is 6.62. The van der Waals surface area contributed by atoms with E-state index in [9.17, 15) is 0 Å². The minimum Gasteiger partial charge on any atom is -0.455 e. The lowest BCUT2D eigenvalue weighted by atomic mass is 9.98. The van der Waals surface area contributed by atoms with Crippen LogP contribution in [0.3, 0.4) is 0 Å². The Hall–Kier alpha value is -8.41. The molecule has 3 heterocycles. The predicted molar refractivity (Wildman–Crippen MR) is 254 cm³/mol. The van der Waals surface area contributed by atoms with Crippen LogP contribution in [-0.4, -0.2) is 19.5 Å². The van der Waals surface area contributed by atoms with Gasteiger partial charge in [-0.25, -0.2) is 15.0 Å². The van der Waals surface area contributed by atoms with Crippen molar-refractivity contribution in [1.29, 1.82) is 0 Å². The molecule has 0 aliphatic carbocycles. The van der Waals surface area contributed by atoms with E-state index in [2.05, 4.69) is 174 Å². The molecular formula is C57H36N4O. The molecule has 9 aromatic carbocycles. The number of fused-ring (bicyclic) bond motifs is 6. The lowest BCUT2D eigenvalue weighted by Gasteiger charge is -2.17. The maximum Gasteiger partial charge on any atom is 0.166 e. The lowest BCUT2D eigenvalue weighted by molar-refractivity contribution is 0.670. The first-order chi connectivity index (χ1) is 30.7. The van der Waals surface area contributed by atoms with Gasteiger partial charge in [-0.1, -0.05) is 188 Å². The second kappa shape index (κ2) is 14.7. The van der Waals surface area contributed by atoms with Crippen LogP contribution in [0.4, 0.5) is 0 Å². The van der Waals surface area contributed by atoms with Gasteiger partial charge in [0.1, 0.15) is 11.2 Å². The van der Waals surface area contributed by atoms with Gasteiger partial charge in [-0.2, -0.15) is 0 Å². The van der Waals surface area contributed by atoms with E-state index < -0.39 is 0 Å². The summed E-state index contributed by atoms with van der Waals surface area (Å²) in [6, 6.07) is 76.4. The molecule has 0 radical (unpaired) electrons. The van der Waals surface area contributed by atoms with Crippen LogP contribution in [0, 0.1) is 0 Å². The molecule has 12 rings (SSSR count). The van der Waals surface area contributed by atoms with Crippen molar-refractivity contribution in [2.75, 3.05) is 0 Å². The molecule has 0 fully saturated rings. The third kappa shape index (κ3) is 6.06. The van der Waals surface area contributed by atoms with Gasteiger partial charge < -0.3 is 8.98 Å². The lowest BCUT2D eigenvalue weighted by Crippen LogP contribution is -2.04. The predicted octanol–water partition coefficient (Wildman–Crippen LogP) is 14.9. The molecule has 0 N–H and O–H groups in total. The van der Waals surface area contributed by atoms with Crippen LogP contribution in [0.2, 0.25) is 0 Å². The zero-order chi connectivity index (χ0) is 41.0. The minimum atomic E-state index is 0.569. The van der Waals surface area contributed by atoms with Gasteiger partial charge in [0.15, 0.2) is 17.5 Å². The Morgan fingerprint density at radius 1 is 0.306 bits per heavy atom. The summed E-state index contributed by atoms with van der Waals surface area (Å²) in [6.45, 7) is 0. The highest BCUT2D eigenvalue weighted by Gasteiger charge is 2.22. The highest BCUT2D eigenvalue weighted by Crippen LogP contribution is 2.42. The zero-order valence-corrected chi connectivity index (χ0v) is 33.5. The molecule has 0 aliphatic heterocycles. The summed E-state index contributed by atoms with van der Waals surface area (Å²) >= 11 is 0. The Bertz CT molecular complexity index is 3460. The fourth-order valence-electron chi connectivity index (χ4n) is 8.88. The molecule has 5 nitrogen and oxygen atoms in total. The van der Waals surface area contributed by atoms with Crippen molar-refractivity contribution in [2.24, 2.45) is 0 Å². The number of nitrogens with zero attached hydrogens (tertiary/aromatic N) is 4. The highest BCUT2D eigenvalue weighted by atomic mass is 16.3. The van der Waals surface area contributed by atoms with E-state index in [0.29, 0.717) is 17.5 Å². The van der Waals surface area contributed by atoms with Crippen LogP contribution >= 0.6 is 0 Å². The standard InChI is InChI=1S/C57H36N4O/c1-5-16-37(17-6-1)41-28-31-45-46-32-29-42(38-18-7-2-8-19-38)36-52(46)61(51(45)35-41)50-33-30-43(44-25-15-26-48-47-24-13-14-27-53(47)62-54(44)48)34-49(50)57-59-55(39-20-9-3-10-21-39)58-56(60-57)40-22-11-4-12-23-40/h1-36H. The van der Waals surface area contributed by atoms with Crippen molar-refractivity contribution in [2.45, 2.75) is 0 Å². The van der Waals surface area contributed by atoms with Crippen molar-refractivity contribution in [3.63, 3.8) is 0 Å². The molecular weight excluding hydrogens is 757 g/mol. The zero-order valence-electron chi connectivity index (χ0n) is 33.5. The van der Waals surface area contributed by atoms with Gasteiger partial charge in [0.2, 0.25) is 0 Å². The molecule has 290 valence electrons. The van der Waals surface area contributed by atoms with Crippen molar-refractivity contribution >= 4 is 43.7 Å². The van der Waals surface area contributed by atoms with Gasteiger partial charge in [-0.15, -0.1) is 0 Å². The number of rotatable bonds is 7. The topological polar surface area (TPSA) is 56.7 Å². The van der Waals surface area contributed by atoms with Crippen LogP contribution < -0.4 is 0 Å². The average molecular weight is 793 g/mol. The summed E-state index contributed by atoms with van der Waals surface area (Å²) in [4.78, 5) is 15.8. The third-order valence-corrected chi connectivity index (χ3v) is 11.9. The first kappa shape index (κ1) is 35.5. The van der Waals surface area contributed by atoms with Crippen molar-refractivity contribution < 1.29 is 4.42 Å². The molecule has 0 spiro atoms. The summed E-state index contributed by atoms with van der Waals surface area (Å²) in [7, 11) is 0. The molecule has 3 aromatic heterocycles. The summed E-state index contributed by atoms with van der Waals surface area (Å²) in [5.41, 5.74) is 14.1. The number of furan rings is 1. The van der Waals surface area contributed by atoms with Gasteiger partial charge in [-0.05, 0) is 58.1 Å². The Morgan fingerprint density at radius 3 is 1.37 bits per heavy atom. The Balaban J connectivity index is 1.19. The smallest absolute Gasteiger partial charge is 0.166 e. The fourth-order valence-corrected chi connectivity index (χ4v) is 8.88. The molecule has 0 atom stereocenters. The third-order valence-electron chi connectivity index (χ3n) is 11.9. The molecule has 0 bridgehead atoms. The largest absolute Gasteiger partial charge is 0.455 e. The first-order valence-corrected chi connectivity index (χ1v) is 20.8.